The van der Waals surface area contributed by atoms with E-state index in [4.69, 9.17) is 4.74 Å². The van der Waals surface area contributed by atoms with E-state index in [1.807, 2.05) is 42.5 Å². The Morgan fingerprint density at radius 1 is 1.05 bits per heavy atom. The number of benzene rings is 2. The molecule has 2 N–H and O–H groups in total. The molecule has 0 atom stereocenters. The number of carbonyl (C=O) groups is 1. The van der Waals surface area contributed by atoms with Gasteiger partial charge in [0.25, 0.3) is 0 Å². The summed E-state index contributed by atoms with van der Waals surface area (Å²) >= 11 is 0. The zero-order valence-electron chi connectivity index (χ0n) is 12.8. The minimum atomic E-state index is 0.00359. The molecule has 0 aliphatic rings. The van der Waals surface area contributed by atoms with Crippen molar-refractivity contribution in [3.05, 3.63) is 60.2 Å². The summed E-state index contributed by atoms with van der Waals surface area (Å²) in [5.74, 6) is 0.805. The number of methoxy groups -OCH3 is 1. The Labute approximate surface area is 131 Å². The van der Waals surface area contributed by atoms with Crippen molar-refractivity contribution in [2.24, 2.45) is 0 Å². The van der Waals surface area contributed by atoms with E-state index in [-0.39, 0.29) is 12.5 Å². The summed E-state index contributed by atoms with van der Waals surface area (Å²) in [6.07, 6.45) is 1.92. The summed E-state index contributed by atoms with van der Waals surface area (Å²) in [7, 11) is 1.63. The molecule has 0 aliphatic carbocycles. The van der Waals surface area contributed by atoms with Crippen molar-refractivity contribution in [1.29, 1.82) is 0 Å². The Morgan fingerprint density at radius 3 is 2.45 bits per heavy atom. The van der Waals surface area contributed by atoms with Crippen LogP contribution in [0.25, 0.3) is 0 Å². The number of aryl methyl sites for hydroxylation is 1. The van der Waals surface area contributed by atoms with Crippen LogP contribution in [0.5, 0.6) is 5.75 Å². The van der Waals surface area contributed by atoms with Crippen molar-refractivity contribution in [3.8, 4) is 5.75 Å². The molecule has 0 heterocycles. The molecule has 0 aromatic heterocycles. The van der Waals surface area contributed by atoms with Crippen molar-refractivity contribution in [3.63, 3.8) is 0 Å². The number of rotatable bonds is 8. The van der Waals surface area contributed by atoms with Gasteiger partial charge in [0, 0.05) is 12.2 Å². The normalized spacial score (nSPS) is 10.0. The van der Waals surface area contributed by atoms with Gasteiger partial charge in [0.15, 0.2) is 0 Å². The lowest BCUT2D eigenvalue weighted by Crippen LogP contribution is -2.30. The van der Waals surface area contributed by atoms with Gasteiger partial charge in [-0.25, -0.2) is 0 Å². The molecule has 0 saturated carbocycles. The van der Waals surface area contributed by atoms with Gasteiger partial charge in [-0.15, -0.1) is 0 Å². The Hall–Kier alpha value is -2.49. The van der Waals surface area contributed by atoms with Crippen molar-refractivity contribution in [1.82, 2.24) is 5.32 Å². The van der Waals surface area contributed by atoms with Gasteiger partial charge >= 0.3 is 0 Å². The van der Waals surface area contributed by atoms with Crippen LogP contribution in [0.3, 0.4) is 0 Å². The number of carbonyl (C=O) groups excluding carboxylic acids is 1. The van der Waals surface area contributed by atoms with Crippen LogP contribution in [0.4, 0.5) is 5.69 Å². The SMILES string of the molecule is COc1ccc(NCC(=O)NCCCc2ccccc2)cc1. The Bertz CT molecular complexity index is 567. The molecule has 2 aromatic rings. The van der Waals surface area contributed by atoms with Crippen LogP contribution >= 0.6 is 0 Å². The van der Waals surface area contributed by atoms with Gasteiger partial charge in [0.1, 0.15) is 5.75 Å². The fourth-order valence-corrected chi connectivity index (χ4v) is 2.12. The summed E-state index contributed by atoms with van der Waals surface area (Å²) in [5, 5.41) is 6.01. The van der Waals surface area contributed by atoms with Crippen molar-refractivity contribution in [2.45, 2.75) is 12.8 Å². The van der Waals surface area contributed by atoms with Crippen LogP contribution in [0.1, 0.15) is 12.0 Å². The number of hydrogen-bond donors (Lipinski definition) is 2. The zero-order chi connectivity index (χ0) is 15.6. The molecule has 1 amide bonds. The van der Waals surface area contributed by atoms with Crippen LogP contribution < -0.4 is 15.4 Å². The third-order valence-corrected chi connectivity index (χ3v) is 3.35. The molecule has 0 radical (unpaired) electrons. The summed E-state index contributed by atoms with van der Waals surface area (Å²) in [6.45, 7) is 0.968. The Morgan fingerprint density at radius 2 is 1.77 bits per heavy atom. The first-order valence-electron chi connectivity index (χ1n) is 7.46. The van der Waals surface area contributed by atoms with Gasteiger partial charge < -0.3 is 15.4 Å². The number of nitrogens with one attached hydrogen (secondary N) is 2. The summed E-state index contributed by atoms with van der Waals surface area (Å²) in [6, 6.07) is 17.8. The molecule has 0 aliphatic heterocycles. The van der Waals surface area contributed by atoms with E-state index in [0.717, 1.165) is 24.3 Å². The first-order chi connectivity index (χ1) is 10.8. The minimum Gasteiger partial charge on any atom is -0.497 e. The van der Waals surface area contributed by atoms with Crippen LogP contribution in [0.15, 0.2) is 54.6 Å². The second kappa shape index (κ2) is 8.72. The molecule has 0 saturated heterocycles. The topological polar surface area (TPSA) is 50.4 Å². The molecule has 4 nitrogen and oxygen atoms in total. The van der Waals surface area contributed by atoms with E-state index in [2.05, 4.69) is 22.8 Å². The van der Waals surface area contributed by atoms with Crippen molar-refractivity contribution < 1.29 is 9.53 Å². The lowest BCUT2D eigenvalue weighted by molar-refractivity contribution is -0.119. The second-order valence-electron chi connectivity index (χ2n) is 5.02. The molecular formula is C18H22N2O2. The predicted molar refractivity (Wildman–Crippen MR) is 89.3 cm³/mol. The monoisotopic (exact) mass is 298 g/mol. The Kier molecular flexibility index (Phi) is 6.30. The highest BCUT2D eigenvalue weighted by Crippen LogP contribution is 2.14. The minimum absolute atomic E-state index is 0.00359. The van der Waals surface area contributed by atoms with E-state index in [1.165, 1.54) is 5.56 Å². The van der Waals surface area contributed by atoms with Gasteiger partial charge in [-0.2, -0.15) is 0 Å². The third-order valence-electron chi connectivity index (χ3n) is 3.35. The van der Waals surface area contributed by atoms with E-state index in [9.17, 15) is 4.79 Å². The lowest BCUT2D eigenvalue weighted by Gasteiger charge is -2.08. The number of ether oxygens (including phenoxy) is 1. The molecule has 0 bridgehead atoms. The molecule has 0 spiro atoms. The molecule has 2 aromatic carbocycles. The highest BCUT2D eigenvalue weighted by atomic mass is 16.5. The number of anilines is 1. The van der Waals surface area contributed by atoms with Gasteiger partial charge in [0.05, 0.1) is 13.7 Å². The van der Waals surface area contributed by atoms with Crippen molar-refractivity contribution >= 4 is 11.6 Å². The highest BCUT2D eigenvalue weighted by molar-refractivity contribution is 5.80. The maximum atomic E-state index is 11.8. The molecule has 2 rings (SSSR count). The van der Waals surface area contributed by atoms with Crippen LogP contribution in [0.2, 0.25) is 0 Å². The molecule has 0 fully saturated rings. The average molecular weight is 298 g/mol. The van der Waals surface area contributed by atoms with Gasteiger partial charge in [-0.3, -0.25) is 4.79 Å². The molecule has 22 heavy (non-hydrogen) atoms. The van der Waals surface area contributed by atoms with Crippen LogP contribution in [0, 0.1) is 0 Å². The smallest absolute Gasteiger partial charge is 0.239 e. The zero-order valence-corrected chi connectivity index (χ0v) is 12.8. The summed E-state index contributed by atoms with van der Waals surface area (Å²) in [4.78, 5) is 11.8. The van der Waals surface area contributed by atoms with Gasteiger partial charge in [0.2, 0.25) is 5.91 Å². The lowest BCUT2D eigenvalue weighted by atomic mass is 10.1. The van der Waals surface area contributed by atoms with E-state index in [0.29, 0.717) is 6.54 Å². The first kappa shape index (κ1) is 15.9. The molecular weight excluding hydrogens is 276 g/mol. The number of amides is 1. The van der Waals surface area contributed by atoms with Crippen molar-refractivity contribution in [2.75, 3.05) is 25.5 Å². The Balaban J connectivity index is 1.61. The standard InChI is InChI=1S/C18H22N2O2/c1-22-17-11-9-16(10-12-17)20-14-18(21)19-13-5-8-15-6-3-2-4-7-15/h2-4,6-7,9-12,20H,5,8,13-14H2,1H3,(H,19,21). The second-order valence-corrected chi connectivity index (χ2v) is 5.02. The van der Waals surface area contributed by atoms with Gasteiger partial charge in [-0.1, -0.05) is 30.3 Å². The van der Waals surface area contributed by atoms with Crippen LogP contribution in [-0.2, 0) is 11.2 Å². The molecule has 0 unspecified atom stereocenters. The third kappa shape index (κ3) is 5.48. The first-order valence-corrected chi connectivity index (χ1v) is 7.46. The van der Waals surface area contributed by atoms with E-state index >= 15 is 0 Å². The number of hydrogen-bond acceptors (Lipinski definition) is 3. The summed E-state index contributed by atoms with van der Waals surface area (Å²) < 4.78 is 5.09. The van der Waals surface area contributed by atoms with Crippen LogP contribution in [-0.4, -0.2) is 26.1 Å². The fourth-order valence-electron chi connectivity index (χ4n) is 2.12. The maximum Gasteiger partial charge on any atom is 0.239 e. The highest BCUT2D eigenvalue weighted by Gasteiger charge is 2.01. The average Bonchev–Trinajstić information content (AvgIpc) is 2.58. The fraction of sp³-hybridized carbons (Fsp3) is 0.278. The predicted octanol–water partition coefficient (Wildman–Crippen LogP) is 2.86. The molecule has 116 valence electrons. The summed E-state index contributed by atoms with van der Waals surface area (Å²) in [5.41, 5.74) is 2.20. The molecule has 4 heteroatoms. The van der Waals surface area contributed by atoms with Gasteiger partial charge in [-0.05, 0) is 42.7 Å². The quantitative estimate of drug-likeness (QED) is 0.737. The van der Waals surface area contributed by atoms with E-state index in [1.54, 1.807) is 7.11 Å². The van der Waals surface area contributed by atoms with E-state index < -0.39 is 0 Å². The largest absolute Gasteiger partial charge is 0.497 e. The maximum absolute atomic E-state index is 11.8.